The van der Waals surface area contributed by atoms with Gasteiger partial charge in [-0.2, -0.15) is 0 Å². The summed E-state index contributed by atoms with van der Waals surface area (Å²) in [5, 5.41) is 10.6. The van der Waals surface area contributed by atoms with Crippen molar-refractivity contribution in [2.75, 3.05) is 26.7 Å². The van der Waals surface area contributed by atoms with E-state index in [2.05, 4.69) is 14.8 Å². The van der Waals surface area contributed by atoms with Gasteiger partial charge in [0.15, 0.2) is 5.25 Å². The van der Waals surface area contributed by atoms with Crippen molar-refractivity contribution in [1.29, 1.82) is 0 Å². The maximum Gasteiger partial charge on any atom is 0.325 e. The Hall–Kier alpha value is -0.700. The first-order chi connectivity index (χ1) is 7.81. The van der Waals surface area contributed by atoms with Crippen LogP contribution in [0.2, 0.25) is 0 Å². The van der Waals surface area contributed by atoms with Crippen molar-refractivity contribution >= 4 is 16.0 Å². The third kappa shape index (κ3) is 6.57. The van der Waals surface area contributed by atoms with Crippen molar-refractivity contribution in [3.8, 4) is 0 Å². The quantitative estimate of drug-likeness (QED) is 0.363. The summed E-state index contributed by atoms with van der Waals surface area (Å²) >= 11 is 0. The zero-order chi connectivity index (χ0) is 13.5. The molecule has 102 valence electrons. The van der Waals surface area contributed by atoms with E-state index in [4.69, 9.17) is 5.11 Å². The second-order valence-corrected chi connectivity index (χ2v) is 5.74. The van der Waals surface area contributed by atoms with Crippen LogP contribution in [0.3, 0.4) is 0 Å². The van der Waals surface area contributed by atoms with Gasteiger partial charge in [-0.15, -0.1) is 0 Å². The zero-order valence-electron chi connectivity index (χ0n) is 10.3. The largest absolute Gasteiger partial charge is 0.468 e. The molecule has 0 aromatic heterocycles. The summed E-state index contributed by atoms with van der Waals surface area (Å²) in [7, 11) is -2.56. The van der Waals surface area contributed by atoms with Crippen molar-refractivity contribution in [2.24, 2.45) is 0 Å². The summed E-state index contributed by atoms with van der Waals surface area (Å²) in [6.45, 7) is 3.79. The Balaban J connectivity index is 3.98. The van der Waals surface area contributed by atoms with E-state index in [9.17, 15) is 13.2 Å². The van der Waals surface area contributed by atoms with Gasteiger partial charge in [-0.05, 0) is 13.8 Å². The third-order valence-electron chi connectivity index (χ3n) is 2.04. The van der Waals surface area contributed by atoms with Crippen LogP contribution >= 0.6 is 0 Å². The number of hydrogen-bond acceptors (Lipinski definition) is 6. The number of aliphatic hydroxyl groups is 1. The second-order valence-electron chi connectivity index (χ2n) is 3.66. The Morgan fingerprint density at radius 2 is 1.94 bits per heavy atom. The number of ether oxygens (including phenoxy) is 1. The first kappa shape index (κ1) is 16.3. The average molecular weight is 268 g/mol. The topological polar surface area (TPSA) is 105 Å². The number of esters is 1. The lowest BCUT2D eigenvalue weighted by atomic mass is 10.4. The number of nitrogens with one attached hydrogen (secondary N) is 2. The van der Waals surface area contributed by atoms with Gasteiger partial charge >= 0.3 is 5.97 Å². The average Bonchev–Trinajstić information content (AvgIpc) is 2.25. The Labute approximate surface area is 102 Å². The highest BCUT2D eigenvalue weighted by atomic mass is 32.2. The molecular formula is C9H20N2O5S. The number of sulfonamides is 1. The number of hydrogen-bond donors (Lipinski definition) is 3. The van der Waals surface area contributed by atoms with E-state index < -0.39 is 27.3 Å². The molecule has 8 heteroatoms. The van der Waals surface area contributed by atoms with Gasteiger partial charge in [0, 0.05) is 19.6 Å². The van der Waals surface area contributed by atoms with Gasteiger partial charge in [0.1, 0.15) is 0 Å². The summed E-state index contributed by atoms with van der Waals surface area (Å²) < 4.78 is 29.7. The smallest absolute Gasteiger partial charge is 0.325 e. The molecule has 0 amide bonds. The Morgan fingerprint density at radius 1 is 1.35 bits per heavy atom. The molecule has 0 saturated carbocycles. The minimum atomic E-state index is -3.70. The summed E-state index contributed by atoms with van der Waals surface area (Å²) in [5.41, 5.74) is 0. The SMILES string of the molecule is COC(=O)C(C)S(=O)(=O)NCCNCC(C)O. The molecule has 0 aliphatic carbocycles. The first-order valence-corrected chi connectivity index (χ1v) is 6.81. The van der Waals surface area contributed by atoms with Gasteiger partial charge in [0.25, 0.3) is 0 Å². The molecule has 0 radical (unpaired) electrons. The Morgan fingerprint density at radius 3 is 2.41 bits per heavy atom. The van der Waals surface area contributed by atoms with Gasteiger partial charge in [0.05, 0.1) is 13.2 Å². The Kier molecular flexibility index (Phi) is 7.28. The molecule has 0 fully saturated rings. The molecule has 0 bridgehead atoms. The zero-order valence-corrected chi connectivity index (χ0v) is 11.1. The van der Waals surface area contributed by atoms with Gasteiger partial charge in [-0.1, -0.05) is 0 Å². The van der Waals surface area contributed by atoms with Crippen molar-refractivity contribution in [1.82, 2.24) is 10.0 Å². The van der Waals surface area contributed by atoms with E-state index in [0.717, 1.165) is 7.11 Å². The summed E-state index contributed by atoms with van der Waals surface area (Å²) in [4.78, 5) is 11.0. The molecule has 0 aliphatic heterocycles. The van der Waals surface area contributed by atoms with Crippen LogP contribution < -0.4 is 10.0 Å². The van der Waals surface area contributed by atoms with Gasteiger partial charge < -0.3 is 15.2 Å². The van der Waals surface area contributed by atoms with Gasteiger partial charge in [-0.25, -0.2) is 13.1 Å². The van der Waals surface area contributed by atoms with Crippen LogP contribution in [0.5, 0.6) is 0 Å². The molecule has 0 aromatic carbocycles. The lowest BCUT2D eigenvalue weighted by Crippen LogP contribution is -2.41. The van der Waals surface area contributed by atoms with E-state index in [-0.39, 0.29) is 6.54 Å². The molecule has 2 atom stereocenters. The highest BCUT2D eigenvalue weighted by Crippen LogP contribution is 1.99. The minimum Gasteiger partial charge on any atom is -0.468 e. The summed E-state index contributed by atoms with van der Waals surface area (Å²) in [6, 6.07) is 0. The third-order valence-corrected chi connectivity index (χ3v) is 3.77. The fourth-order valence-electron chi connectivity index (χ4n) is 1.01. The van der Waals surface area contributed by atoms with Crippen LogP contribution in [0.4, 0.5) is 0 Å². The predicted molar refractivity (Wildman–Crippen MR) is 63.0 cm³/mol. The maximum absolute atomic E-state index is 11.5. The van der Waals surface area contributed by atoms with Crippen molar-refractivity contribution in [3.63, 3.8) is 0 Å². The van der Waals surface area contributed by atoms with Crippen molar-refractivity contribution < 1.29 is 23.1 Å². The number of aliphatic hydroxyl groups excluding tert-OH is 1. The summed E-state index contributed by atoms with van der Waals surface area (Å²) in [5.74, 6) is -0.797. The molecular weight excluding hydrogens is 248 g/mol. The van der Waals surface area contributed by atoms with Crippen molar-refractivity contribution in [2.45, 2.75) is 25.2 Å². The molecule has 0 aliphatic rings. The molecule has 3 N–H and O–H groups in total. The van der Waals surface area contributed by atoms with Crippen LogP contribution in [-0.4, -0.2) is 57.6 Å². The van der Waals surface area contributed by atoms with Crippen molar-refractivity contribution in [3.05, 3.63) is 0 Å². The molecule has 0 saturated heterocycles. The standard InChI is InChI=1S/C9H20N2O5S/c1-7(12)6-10-4-5-11-17(14,15)8(2)9(13)16-3/h7-8,10-12H,4-6H2,1-3H3. The molecule has 2 unspecified atom stereocenters. The van der Waals surface area contributed by atoms with E-state index in [0.29, 0.717) is 13.1 Å². The second kappa shape index (κ2) is 7.59. The highest BCUT2D eigenvalue weighted by molar-refractivity contribution is 7.90. The van der Waals surface area contributed by atoms with Crippen LogP contribution in [-0.2, 0) is 19.6 Å². The lowest BCUT2D eigenvalue weighted by Gasteiger charge is -2.12. The van der Waals surface area contributed by atoms with Crippen LogP contribution in [0, 0.1) is 0 Å². The molecule has 0 spiro atoms. The van der Waals surface area contributed by atoms with Crippen LogP contribution in [0.1, 0.15) is 13.8 Å². The molecule has 0 heterocycles. The number of carbonyl (C=O) groups excluding carboxylic acids is 1. The minimum absolute atomic E-state index is 0.149. The highest BCUT2D eigenvalue weighted by Gasteiger charge is 2.27. The predicted octanol–water partition coefficient (Wildman–Crippen LogP) is -1.56. The molecule has 7 nitrogen and oxygen atoms in total. The van der Waals surface area contributed by atoms with Crippen LogP contribution in [0.15, 0.2) is 0 Å². The first-order valence-electron chi connectivity index (χ1n) is 5.26. The fourth-order valence-corrected chi connectivity index (χ4v) is 2.00. The molecule has 0 aromatic rings. The normalized spacial score (nSPS) is 15.3. The Bertz CT molecular complexity index is 328. The monoisotopic (exact) mass is 268 g/mol. The lowest BCUT2D eigenvalue weighted by molar-refractivity contribution is -0.139. The van der Waals surface area contributed by atoms with E-state index in [1.54, 1.807) is 6.92 Å². The molecule has 17 heavy (non-hydrogen) atoms. The summed E-state index contributed by atoms with van der Waals surface area (Å²) in [6.07, 6.45) is -0.486. The van der Waals surface area contributed by atoms with E-state index in [1.165, 1.54) is 6.92 Å². The fraction of sp³-hybridized carbons (Fsp3) is 0.889. The van der Waals surface area contributed by atoms with Gasteiger partial charge in [0.2, 0.25) is 10.0 Å². The van der Waals surface area contributed by atoms with Crippen LogP contribution in [0.25, 0.3) is 0 Å². The van der Waals surface area contributed by atoms with E-state index in [1.807, 2.05) is 0 Å². The number of rotatable bonds is 8. The van der Waals surface area contributed by atoms with Gasteiger partial charge in [-0.3, -0.25) is 4.79 Å². The maximum atomic E-state index is 11.5. The number of carbonyl (C=O) groups is 1. The number of methoxy groups -OCH3 is 1. The molecule has 0 rings (SSSR count). The van der Waals surface area contributed by atoms with E-state index >= 15 is 0 Å².